The molecular formula is C25H38N4O8S. The maximum Gasteiger partial charge on any atom is 0.408 e. The molecule has 0 spiro atoms. The zero-order valence-corrected chi connectivity index (χ0v) is 23.0. The lowest BCUT2D eigenvalue weighted by molar-refractivity contribution is -0.141. The molecule has 3 N–H and O–H groups in total. The summed E-state index contributed by atoms with van der Waals surface area (Å²) in [6.45, 7) is 6.02. The number of alkyl carbamates (subject to hydrolysis) is 1. The number of fused-ring (bicyclic) bond motifs is 2. The first-order valence-electron chi connectivity index (χ1n) is 13.2. The molecule has 13 heteroatoms. The Balaban J connectivity index is 1.54. The molecule has 0 bridgehead atoms. The Labute approximate surface area is 223 Å². The van der Waals surface area contributed by atoms with Gasteiger partial charge in [0.2, 0.25) is 21.8 Å². The van der Waals surface area contributed by atoms with Crippen LogP contribution in [-0.4, -0.2) is 85.4 Å². The van der Waals surface area contributed by atoms with E-state index in [0.29, 0.717) is 45.3 Å². The fourth-order valence-electron chi connectivity index (χ4n) is 4.89. The lowest BCUT2D eigenvalue weighted by atomic mass is 10.1. The van der Waals surface area contributed by atoms with Crippen LogP contribution >= 0.6 is 0 Å². The molecule has 2 aliphatic heterocycles. The van der Waals surface area contributed by atoms with Crippen LogP contribution in [0.15, 0.2) is 12.2 Å². The highest BCUT2D eigenvalue weighted by Gasteiger charge is 2.61. The third kappa shape index (κ3) is 6.66. The fourth-order valence-corrected chi connectivity index (χ4v) is 6.26. The highest BCUT2D eigenvalue weighted by atomic mass is 32.2. The molecule has 4 amide bonds. The van der Waals surface area contributed by atoms with E-state index in [9.17, 15) is 27.6 Å². The van der Waals surface area contributed by atoms with Gasteiger partial charge in [0, 0.05) is 25.5 Å². The summed E-state index contributed by atoms with van der Waals surface area (Å²) in [6, 6.07) is -1.82. The Morgan fingerprint density at radius 3 is 2.58 bits per heavy atom. The molecule has 4 atom stereocenters. The van der Waals surface area contributed by atoms with Crippen LogP contribution in [0.2, 0.25) is 0 Å². The zero-order chi connectivity index (χ0) is 27.7. The van der Waals surface area contributed by atoms with Crippen molar-refractivity contribution in [3.8, 4) is 0 Å². The van der Waals surface area contributed by atoms with Crippen molar-refractivity contribution >= 4 is 33.8 Å². The van der Waals surface area contributed by atoms with Crippen LogP contribution in [0.3, 0.4) is 0 Å². The second kappa shape index (κ2) is 10.8. The summed E-state index contributed by atoms with van der Waals surface area (Å²) < 4.78 is 38.1. The molecule has 0 aromatic heterocycles. The van der Waals surface area contributed by atoms with E-state index in [0.717, 1.165) is 0 Å². The molecular weight excluding hydrogens is 516 g/mol. The molecule has 2 heterocycles. The number of amides is 4. The normalized spacial score (nSPS) is 30.7. The maximum absolute atomic E-state index is 13.5. The van der Waals surface area contributed by atoms with Crippen molar-refractivity contribution in [3.05, 3.63) is 12.2 Å². The monoisotopic (exact) mass is 554 g/mol. The number of hydrogen-bond donors (Lipinski definition) is 3. The smallest absolute Gasteiger partial charge is 0.408 e. The van der Waals surface area contributed by atoms with Gasteiger partial charge in [-0.15, -0.1) is 0 Å². The minimum Gasteiger partial charge on any atom is -0.444 e. The first kappa shape index (κ1) is 28.3. The molecule has 0 radical (unpaired) electrons. The van der Waals surface area contributed by atoms with Crippen molar-refractivity contribution in [2.75, 3.05) is 19.8 Å². The molecule has 1 saturated heterocycles. The van der Waals surface area contributed by atoms with Gasteiger partial charge >= 0.3 is 6.09 Å². The summed E-state index contributed by atoms with van der Waals surface area (Å²) in [7, 11) is -3.80. The Morgan fingerprint density at radius 1 is 1.16 bits per heavy atom. The van der Waals surface area contributed by atoms with Gasteiger partial charge in [0.1, 0.15) is 23.2 Å². The zero-order valence-electron chi connectivity index (χ0n) is 22.2. The molecule has 212 valence electrons. The lowest BCUT2D eigenvalue weighted by Gasteiger charge is -2.30. The first-order valence-corrected chi connectivity index (χ1v) is 14.8. The number of nitrogens with zero attached hydrogens (tertiary/aromatic N) is 1. The molecule has 4 unspecified atom stereocenters. The van der Waals surface area contributed by atoms with Crippen LogP contribution in [0.25, 0.3) is 0 Å². The van der Waals surface area contributed by atoms with Crippen LogP contribution < -0.4 is 15.4 Å². The largest absolute Gasteiger partial charge is 0.444 e. The summed E-state index contributed by atoms with van der Waals surface area (Å²) in [6.07, 6.45) is 5.82. The number of carbonyl (C=O) groups excluding carboxylic acids is 4. The van der Waals surface area contributed by atoms with Gasteiger partial charge < -0.3 is 25.0 Å². The second-order valence-corrected chi connectivity index (χ2v) is 13.4. The number of sulfonamides is 1. The van der Waals surface area contributed by atoms with Gasteiger partial charge in [-0.3, -0.25) is 19.1 Å². The van der Waals surface area contributed by atoms with E-state index in [4.69, 9.17) is 9.47 Å². The molecule has 4 rings (SSSR count). The minimum atomic E-state index is -3.80. The molecule has 38 heavy (non-hydrogen) atoms. The Kier molecular flexibility index (Phi) is 8.08. The molecule has 12 nitrogen and oxygen atoms in total. The SMILES string of the molecule is CC(C)(C)OC(=O)NC1CCOCCC=CC2CC2(C(=O)NS(=O)(=O)C2CC2)NC(=O)C2CCCN2C1=O. The highest BCUT2D eigenvalue weighted by molar-refractivity contribution is 7.91. The van der Waals surface area contributed by atoms with Gasteiger partial charge in [0.15, 0.2) is 0 Å². The van der Waals surface area contributed by atoms with Gasteiger partial charge in [0.25, 0.3) is 5.91 Å². The van der Waals surface area contributed by atoms with E-state index in [-0.39, 0.29) is 25.4 Å². The van der Waals surface area contributed by atoms with Crippen molar-refractivity contribution in [3.63, 3.8) is 0 Å². The van der Waals surface area contributed by atoms with Gasteiger partial charge in [-0.1, -0.05) is 12.2 Å². The van der Waals surface area contributed by atoms with Crippen molar-refractivity contribution in [2.24, 2.45) is 5.92 Å². The van der Waals surface area contributed by atoms with Crippen LogP contribution in [0, 0.1) is 5.92 Å². The van der Waals surface area contributed by atoms with Gasteiger partial charge in [-0.05, 0) is 59.3 Å². The Hall–Kier alpha value is -2.67. The van der Waals surface area contributed by atoms with Crippen molar-refractivity contribution in [1.29, 1.82) is 0 Å². The number of rotatable bonds is 4. The Bertz CT molecular complexity index is 1100. The fraction of sp³-hybridized carbons (Fsp3) is 0.760. The van der Waals surface area contributed by atoms with E-state index in [1.807, 2.05) is 6.08 Å². The van der Waals surface area contributed by atoms with Gasteiger partial charge in [0.05, 0.1) is 11.9 Å². The summed E-state index contributed by atoms with van der Waals surface area (Å²) in [5.41, 5.74) is -2.16. The van der Waals surface area contributed by atoms with Crippen LogP contribution in [0.4, 0.5) is 4.79 Å². The highest BCUT2D eigenvalue weighted by Crippen LogP contribution is 2.46. The maximum atomic E-state index is 13.5. The number of ether oxygens (including phenoxy) is 2. The summed E-state index contributed by atoms with van der Waals surface area (Å²) in [5.74, 6) is -2.09. The average Bonchev–Trinajstić information content (AvgIpc) is 3.72. The molecule has 0 aromatic rings. The summed E-state index contributed by atoms with van der Waals surface area (Å²) >= 11 is 0. The van der Waals surface area contributed by atoms with Crippen LogP contribution in [0.5, 0.6) is 0 Å². The third-order valence-corrected chi connectivity index (χ3v) is 8.96. The summed E-state index contributed by atoms with van der Waals surface area (Å²) in [5, 5.41) is 4.83. The lowest BCUT2D eigenvalue weighted by Crippen LogP contribution is -2.58. The predicted octanol–water partition coefficient (Wildman–Crippen LogP) is 0.721. The third-order valence-electron chi connectivity index (χ3n) is 7.14. The van der Waals surface area contributed by atoms with E-state index in [2.05, 4.69) is 15.4 Å². The molecule has 3 fully saturated rings. The Morgan fingerprint density at radius 2 is 1.89 bits per heavy atom. The molecule has 4 aliphatic rings. The van der Waals surface area contributed by atoms with Gasteiger partial charge in [-0.2, -0.15) is 0 Å². The van der Waals surface area contributed by atoms with Crippen LogP contribution in [0.1, 0.15) is 65.7 Å². The van der Waals surface area contributed by atoms with Crippen molar-refractivity contribution < 1.29 is 37.1 Å². The second-order valence-electron chi connectivity index (χ2n) is 11.5. The number of hydrogen-bond acceptors (Lipinski definition) is 8. The minimum absolute atomic E-state index is 0.195. The quantitative estimate of drug-likeness (QED) is 0.429. The van der Waals surface area contributed by atoms with Crippen molar-refractivity contribution in [1.82, 2.24) is 20.3 Å². The predicted molar refractivity (Wildman–Crippen MR) is 136 cm³/mol. The van der Waals surface area contributed by atoms with E-state index >= 15 is 0 Å². The standard InChI is InChI=1S/C25H38N4O8S/c1-24(2,3)37-23(33)26-18-11-14-36-13-5-4-7-16-15-25(16,22(32)28-38(34,35)17-9-10-17)27-20(30)19-8-6-12-29(19)21(18)31/h4,7,16-19H,5-6,8-15H2,1-3H3,(H,26,33)(H,27,30)(H,28,32). The van der Waals surface area contributed by atoms with Crippen molar-refractivity contribution in [2.45, 2.75) is 94.2 Å². The van der Waals surface area contributed by atoms with Crippen LogP contribution in [-0.2, 0) is 33.9 Å². The molecule has 0 aromatic carbocycles. The average molecular weight is 555 g/mol. The van der Waals surface area contributed by atoms with E-state index < -0.39 is 62.3 Å². The topological polar surface area (TPSA) is 160 Å². The summed E-state index contributed by atoms with van der Waals surface area (Å²) in [4.78, 5) is 54.1. The van der Waals surface area contributed by atoms with Gasteiger partial charge in [-0.25, -0.2) is 13.2 Å². The van der Waals surface area contributed by atoms with E-state index in [1.54, 1.807) is 26.8 Å². The van der Waals surface area contributed by atoms with E-state index in [1.165, 1.54) is 4.90 Å². The first-order chi connectivity index (χ1) is 17.8. The number of nitrogens with one attached hydrogen (secondary N) is 3. The molecule has 2 saturated carbocycles. The number of carbonyl (C=O) groups is 4. The molecule has 2 aliphatic carbocycles.